The molecule has 0 bridgehead atoms. The second kappa shape index (κ2) is 12.8. The number of carbonyl (C=O) groups is 3. The number of aliphatic hydroxyl groups is 1. The van der Waals surface area contributed by atoms with Gasteiger partial charge in [-0.05, 0) is 43.4 Å². The zero-order chi connectivity index (χ0) is 30.6. The number of piperidine rings is 1. The molecule has 13 nitrogen and oxygen atoms in total. The molecule has 1 unspecified atom stereocenters. The molecule has 2 aliphatic heterocycles. The molecule has 0 saturated carbocycles. The third-order valence-corrected chi connectivity index (χ3v) is 7.92. The van der Waals surface area contributed by atoms with E-state index in [-0.39, 0.29) is 23.7 Å². The normalized spacial score (nSPS) is 18.4. The van der Waals surface area contributed by atoms with E-state index in [2.05, 4.69) is 29.4 Å². The number of anilines is 1. The Morgan fingerprint density at radius 3 is 2.38 bits per heavy atom. The van der Waals surface area contributed by atoms with E-state index in [1.54, 1.807) is 11.8 Å². The van der Waals surface area contributed by atoms with E-state index in [0.717, 1.165) is 11.8 Å². The van der Waals surface area contributed by atoms with E-state index in [9.17, 15) is 34.7 Å². The van der Waals surface area contributed by atoms with Crippen molar-refractivity contribution >= 4 is 29.2 Å². The third-order valence-electron chi connectivity index (χ3n) is 7.92. The Balaban J connectivity index is 1.39. The maximum Gasteiger partial charge on any atom is 0.327 e. The third kappa shape index (κ3) is 6.53. The molecule has 2 aromatic carbocycles. The van der Waals surface area contributed by atoms with Crippen LogP contribution in [0.3, 0.4) is 0 Å². The summed E-state index contributed by atoms with van der Waals surface area (Å²) in [5.41, 5.74) is 0.389. The zero-order valence-electron chi connectivity index (χ0n) is 24.0. The van der Waals surface area contributed by atoms with Gasteiger partial charge in [0.25, 0.3) is 11.6 Å². The van der Waals surface area contributed by atoms with Gasteiger partial charge in [0, 0.05) is 49.6 Å². The lowest BCUT2D eigenvalue weighted by Gasteiger charge is -2.44. The molecule has 2 saturated heterocycles. The minimum atomic E-state index is -1.41. The number of hydrogen-bond acceptors (Lipinski definition) is 9. The van der Waals surface area contributed by atoms with Crippen LogP contribution in [0.1, 0.15) is 42.6 Å². The van der Waals surface area contributed by atoms with Crippen LogP contribution in [0.2, 0.25) is 0 Å². The molecule has 0 radical (unpaired) electrons. The average molecular weight is 583 g/mol. The number of nitro benzene ring substituents is 1. The molecule has 2 aliphatic rings. The maximum absolute atomic E-state index is 13.7. The lowest BCUT2D eigenvalue weighted by atomic mass is 9.85. The van der Waals surface area contributed by atoms with Crippen LogP contribution in [0.15, 0.2) is 48.5 Å². The van der Waals surface area contributed by atoms with Gasteiger partial charge in [0.1, 0.15) is 11.6 Å². The lowest BCUT2D eigenvalue weighted by Crippen LogP contribution is -2.60. The molecule has 226 valence electrons. The minimum Gasteiger partial charge on any atom is -0.480 e. The molecule has 1 spiro atoms. The highest BCUT2D eigenvalue weighted by atomic mass is 16.6. The highest BCUT2D eigenvalue weighted by Gasteiger charge is 2.54. The van der Waals surface area contributed by atoms with Crippen molar-refractivity contribution in [3.8, 4) is 0 Å². The van der Waals surface area contributed by atoms with Crippen molar-refractivity contribution in [2.75, 3.05) is 37.7 Å². The summed E-state index contributed by atoms with van der Waals surface area (Å²) in [6, 6.07) is 12.2. The van der Waals surface area contributed by atoms with E-state index in [0.29, 0.717) is 50.6 Å². The smallest absolute Gasteiger partial charge is 0.327 e. The van der Waals surface area contributed by atoms with Gasteiger partial charge in [-0.3, -0.25) is 29.9 Å². The number of aliphatic carboxylic acids is 1. The van der Waals surface area contributed by atoms with Crippen LogP contribution in [0, 0.1) is 23.0 Å². The van der Waals surface area contributed by atoms with Gasteiger partial charge >= 0.3 is 5.97 Å². The predicted molar refractivity (Wildman–Crippen MR) is 155 cm³/mol. The Morgan fingerprint density at radius 1 is 1.12 bits per heavy atom. The number of hydrogen-bond donors (Lipinski definition) is 4. The molecule has 2 amide bonds. The zero-order valence-corrected chi connectivity index (χ0v) is 24.0. The van der Waals surface area contributed by atoms with Crippen LogP contribution in [0.25, 0.3) is 0 Å². The fourth-order valence-corrected chi connectivity index (χ4v) is 5.68. The molecule has 2 heterocycles. The van der Waals surface area contributed by atoms with Crippen molar-refractivity contribution in [1.82, 2.24) is 20.4 Å². The second-order valence-electron chi connectivity index (χ2n) is 11.3. The number of carboxylic acid groups (broad SMARTS) is 1. The Kier molecular flexibility index (Phi) is 9.44. The van der Waals surface area contributed by atoms with Gasteiger partial charge in [-0.1, -0.05) is 38.1 Å². The number of nitrogens with zero attached hydrogens (tertiary/aromatic N) is 4. The summed E-state index contributed by atoms with van der Waals surface area (Å²) < 4.78 is 0. The van der Waals surface area contributed by atoms with Crippen molar-refractivity contribution in [1.29, 1.82) is 0 Å². The highest BCUT2D eigenvalue weighted by molar-refractivity contribution is 5.98. The quantitative estimate of drug-likeness (QED) is 0.174. The lowest BCUT2D eigenvalue weighted by molar-refractivity contribution is -0.384. The fraction of sp³-hybridized carbons (Fsp3) is 0.483. The number of carbonyl (C=O) groups excluding carboxylic acids is 2. The first-order valence-corrected chi connectivity index (χ1v) is 14.0. The van der Waals surface area contributed by atoms with E-state index in [1.165, 1.54) is 12.1 Å². The van der Waals surface area contributed by atoms with Gasteiger partial charge in [0.2, 0.25) is 5.91 Å². The first kappa shape index (κ1) is 30.9. The largest absolute Gasteiger partial charge is 0.480 e. The second-order valence-corrected chi connectivity index (χ2v) is 11.3. The van der Waals surface area contributed by atoms with Crippen LogP contribution < -0.4 is 15.5 Å². The van der Waals surface area contributed by atoms with Gasteiger partial charge in [-0.15, -0.1) is 0 Å². The molecule has 0 aromatic heterocycles. The molecule has 2 fully saturated rings. The van der Waals surface area contributed by atoms with Crippen molar-refractivity contribution < 1.29 is 29.5 Å². The molecule has 4 rings (SSSR count). The summed E-state index contributed by atoms with van der Waals surface area (Å²) in [5.74, 6) is -1.71. The Labute approximate surface area is 244 Å². The standard InChI is InChI=1S/C29H38N6O7/c1-19(2)17-33-18-34(21-7-5-4-6-8-21)29(27(33)39)11-13-32(14-12-29)28(40)30-16-24(26(37)38)31-25(36)23-15-22(35(41)42)10-9-20(23)3/h4-10,15,19,24,28,30,40H,11-14,16-18H2,1-3H3,(H,31,36)(H,37,38)/t24-,28?/m0/s1. The summed E-state index contributed by atoms with van der Waals surface area (Å²) in [6.07, 6.45) is -0.271. The van der Waals surface area contributed by atoms with Gasteiger partial charge in [0.15, 0.2) is 6.35 Å². The van der Waals surface area contributed by atoms with Gasteiger partial charge < -0.3 is 25.3 Å². The van der Waals surface area contributed by atoms with E-state index >= 15 is 0 Å². The summed E-state index contributed by atoms with van der Waals surface area (Å²) in [6.45, 7) is 7.36. The number of rotatable bonds is 11. The van der Waals surface area contributed by atoms with E-state index in [1.807, 2.05) is 35.2 Å². The monoisotopic (exact) mass is 582 g/mol. The Hall–Kier alpha value is -4.07. The highest BCUT2D eigenvalue weighted by Crippen LogP contribution is 2.39. The number of likely N-dealkylation sites (tertiary alicyclic amines) is 1. The number of benzene rings is 2. The molecule has 2 atom stereocenters. The molecular formula is C29H38N6O7. The minimum absolute atomic E-state index is 0.00645. The number of nitrogens with one attached hydrogen (secondary N) is 2. The van der Waals surface area contributed by atoms with Gasteiger partial charge in [0.05, 0.1) is 11.6 Å². The number of nitro groups is 1. The van der Waals surface area contributed by atoms with Crippen LogP contribution in [-0.2, 0) is 9.59 Å². The molecule has 42 heavy (non-hydrogen) atoms. The summed E-state index contributed by atoms with van der Waals surface area (Å²) in [5, 5.41) is 36.8. The van der Waals surface area contributed by atoms with Crippen molar-refractivity contribution in [3.05, 3.63) is 69.8 Å². The number of aryl methyl sites for hydroxylation is 1. The van der Waals surface area contributed by atoms with Crippen LogP contribution in [0.4, 0.5) is 11.4 Å². The van der Waals surface area contributed by atoms with Gasteiger partial charge in [-0.25, -0.2) is 4.79 Å². The average Bonchev–Trinajstić information content (AvgIpc) is 3.21. The molecule has 0 aliphatic carbocycles. The Bertz CT molecular complexity index is 1310. The first-order chi connectivity index (χ1) is 19.9. The SMILES string of the molecule is Cc1ccc([N+](=O)[O-])cc1C(=O)N[C@@H](CNC(O)N1CCC2(CC1)C(=O)N(CC(C)C)CN2c1ccccc1)C(=O)O. The molecule has 2 aromatic rings. The van der Waals surface area contributed by atoms with E-state index in [4.69, 9.17) is 0 Å². The summed E-state index contributed by atoms with van der Waals surface area (Å²) >= 11 is 0. The fourth-order valence-electron chi connectivity index (χ4n) is 5.68. The van der Waals surface area contributed by atoms with Crippen molar-refractivity contribution in [2.24, 2.45) is 5.92 Å². The number of para-hydroxylation sites is 1. The van der Waals surface area contributed by atoms with Crippen LogP contribution in [0.5, 0.6) is 0 Å². The number of aliphatic hydroxyl groups excluding tert-OH is 1. The topological polar surface area (TPSA) is 169 Å². The predicted octanol–water partition coefficient (Wildman–Crippen LogP) is 1.75. The Morgan fingerprint density at radius 2 is 1.79 bits per heavy atom. The maximum atomic E-state index is 13.7. The first-order valence-electron chi connectivity index (χ1n) is 14.0. The van der Waals surface area contributed by atoms with Gasteiger partial charge in [-0.2, -0.15) is 0 Å². The molecule has 13 heteroatoms. The van der Waals surface area contributed by atoms with Crippen LogP contribution >= 0.6 is 0 Å². The number of non-ortho nitro benzene ring substituents is 1. The molecular weight excluding hydrogens is 544 g/mol. The van der Waals surface area contributed by atoms with Crippen molar-refractivity contribution in [2.45, 2.75) is 51.5 Å². The van der Waals surface area contributed by atoms with Crippen LogP contribution in [-0.4, -0.2) is 93.5 Å². The number of carboxylic acids is 1. The summed E-state index contributed by atoms with van der Waals surface area (Å²) in [7, 11) is 0. The summed E-state index contributed by atoms with van der Waals surface area (Å²) in [4.78, 5) is 54.6. The molecule has 4 N–H and O–H groups in total. The number of amides is 2. The van der Waals surface area contributed by atoms with Crippen molar-refractivity contribution in [3.63, 3.8) is 0 Å². The van der Waals surface area contributed by atoms with E-state index < -0.39 is 34.7 Å².